The van der Waals surface area contributed by atoms with Gasteiger partial charge in [-0.25, -0.2) is 0 Å². The van der Waals surface area contributed by atoms with Gasteiger partial charge >= 0.3 is 0 Å². The van der Waals surface area contributed by atoms with Crippen molar-refractivity contribution >= 4 is 15.9 Å². The summed E-state index contributed by atoms with van der Waals surface area (Å²) in [7, 11) is 0. The number of ether oxygens (including phenoxy) is 1. The average molecular weight is 272 g/mol. The smallest absolute Gasteiger partial charge is 0.0717 e. The van der Waals surface area contributed by atoms with E-state index in [-0.39, 0.29) is 0 Å². The third-order valence-corrected chi connectivity index (χ3v) is 2.45. The van der Waals surface area contributed by atoms with Crippen LogP contribution in [-0.2, 0) is 11.3 Å². The maximum atomic E-state index is 5.54. The summed E-state index contributed by atoms with van der Waals surface area (Å²) >= 11 is 3.44. The van der Waals surface area contributed by atoms with Crippen LogP contribution in [-0.4, -0.2) is 19.2 Å². The van der Waals surface area contributed by atoms with Gasteiger partial charge in [0.2, 0.25) is 0 Å². The summed E-state index contributed by atoms with van der Waals surface area (Å²) in [6.45, 7) is 6.61. The lowest BCUT2D eigenvalue weighted by atomic mass is 10.2. The molecule has 15 heavy (non-hydrogen) atoms. The van der Waals surface area contributed by atoms with Crippen LogP contribution in [0.15, 0.2) is 28.7 Å². The lowest BCUT2D eigenvalue weighted by molar-refractivity contribution is 0.121. The molecule has 0 fully saturated rings. The lowest BCUT2D eigenvalue weighted by Gasteiger charge is -2.08. The highest BCUT2D eigenvalue weighted by Gasteiger charge is 1.95. The van der Waals surface area contributed by atoms with Gasteiger partial charge in [-0.15, -0.1) is 0 Å². The van der Waals surface area contributed by atoms with E-state index >= 15 is 0 Å². The molecule has 0 unspecified atom stereocenters. The van der Waals surface area contributed by atoms with Gasteiger partial charge in [-0.3, -0.25) is 0 Å². The standard InChI is InChI=1S/C12H18BrNO/c1-10(2)14-6-7-15-9-11-4-3-5-12(13)8-11/h3-5,8,10,14H,6-7,9H2,1-2H3. The molecule has 0 bridgehead atoms. The van der Waals surface area contributed by atoms with E-state index in [2.05, 4.69) is 47.2 Å². The molecule has 2 nitrogen and oxygen atoms in total. The van der Waals surface area contributed by atoms with Crippen molar-refractivity contribution in [2.45, 2.75) is 26.5 Å². The number of rotatable bonds is 6. The van der Waals surface area contributed by atoms with Gasteiger partial charge in [0, 0.05) is 17.1 Å². The predicted molar refractivity (Wildman–Crippen MR) is 66.9 cm³/mol. The van der Waals surface area contributed by atoms with Crippen LogP contribution >= 0.6 is 15.9 Å². The second-order valence-corrected chi connectivity index (χ2v) is 4.71. The van der Waals surface area contributed by atoms with E-state index in [1.807, 2.05) is 12.1 Å². The minimum absolute atomic E-state index is 0.527. The number of nitrogens with one attached hydrogen (secondary N) is 1. The number of hydrogen-bond acceptors (Lipinski definition) is 2. The van der Waals surface area contributed by atoms with Gasteiger partial charge in [0.15, 0.2) is 0 Å². The second-order valence-electron chi connectivity index (χ2n) is 3.79. The van der Waals surface area contributed by atoms with E-state index in [1.54, 1.807) is 0 Å². The quantitative estimate of drug-likeness (QED) is 0.804. The molecular formula is C12H18BrNO. The van der Waals surface area contributed by atoms with Crippen LogP contribution < -0.4 is 5.32 Å². The molecule has 3 heteroatoms. The van der Waals surface area contributed by atoms with Crippen LogP contribution in [0, 0.1) is 0 Å². The maximum Gasteiger partial charge on any atom is 0.0717 e. The van der Waals surface area contributed by atoms with Crippen LogP contribution in [0.1, 0.15) is 19.4 Å². The fourth-order valence-electron chi connectivity index (χ4n) is 1.24. The third-order valence-electron chi connectivity index (χ3n) is 1.96. The SMILES string of the molecule is CC(C)NCCOCc1cccc(Br)c1. The summed E-state index contributed by atoms with van der Waals surface area (Å²) in [4.78, 5) is 0. The fraction of sp³-hybridized carbons (Fsp3) is 0.500. The summed E-state index contributed by atoms with van der Waals surface area (Å²) in [5.41, 5.74) is 1.20. The van der Waals surface area contributed by atoms with Crippen molar-refractivity contribution in [1.29, 1.82) is 0 Å². The molecule has 0 saturated heterocycles. The van der Waals surface area contributed by atoms with E-state index in [9.17, 15) is 0 Å². The maximum absolute atomic E-state index is 5.54. The molecule has 0 aliphatic heterocycles. The molecule has 1 aromatic rings. The van der Waals surface area contributed by atoms with E-state index < -0.39 is 0 Å². The van der Waals surface area contributed by atoms with Crippen molar-refractivity contribution in [2.75, 3.05) is 13.2 Å². The first kappa shape index (κ1) is 12.7. The van der Waals surface area contributed by atoms with Crippen LogP contribution in [0.5, 0.6) is 0 Å². The minimum atomic E-state index is 0.527. The predicted octanol–water partition coefficient (Wildman–Crippen LogP) is 2.96. The highest BCUT2D eigenvalue weighted by atomic mass is 79.9. The molecule has 1 aromatic carbocycles. The monoisotopic (exact) mass is 271 g/mol. The molecule has 0 spiro atoms. The first-order valence-corrected chi connectivity index (χ1v) is 6.03. The molecule has 1 N–H and O–H groups in total. The molecule has 0 heterocycles. The zero-order valence-electron chi connectivity index (χ0n) is 9.29. The molecule has 0 aliphatic rings. The largest absolute Gasteiger partial charge is 0.375 e. The summed E-state index contributed by atoms with van der Waals surface area (Å²) < 4.78 is 6.64. The van der Waals surface area contributed by atoms with Crippen LogP contribution in [0.25, 0.3) is 0 Å². The molecule has 0 radical (unpaired) electrons. The Morgan fingerprint density at radius 2 is 2.20 bits per heavy atom. The number of benzene rings is 1. The lowest BCUT2D eigenvalue weighted by Crippen LogP contribution is -2.26. The summed E-state index contributed by atoms with van der Waals surface area (Å²) in [5, 5.41) is 3.31. The molecule has 0 atom stereocenters. The molecule has 84 valence electrons. The van der Waals surface area contributed by atoms with Crippen LogP contribution in [0.3, 0.4) is 0 Å². The Kier molecular flexibility index (Phi) is 5.91. The third kappa shape index (κ3) is 5.92. The Labute approximate surface area is 100 Å². The molecule has 0 aromatic heterocycles. The Hall–Kier alpha value is -0.380. The topological polar surface area (TPSA) is 21.3 Å². The van der Waals surface area contributed by atoms with Gasteiger partial charge in [0.05, 0.1) is 13.2 Å². The fourth-order valence-corrected chi connectivity index (χ4v) is 1.68. The Morgan fingerprint density at radius 3 is 2.87 bits per heavy atom. The van der Waals surface area contributed by atoms with Gasteiger partial charge in [0.25, 0.3) is 0 Å². The highest BCUT2D eigenvalue weighted by molar-refractivity contribution is 9.10. The molecule has 1 rings (SSSR count). The van der Waals surface area contributed by atoms with Gasteiger partial charge in [-0.05, 0) is 17.7 Å². The summed E-state index contributed by atoms with van der Waals surface area (Å²) in [6, 6.07) is 8.72. The van der Waals surface area contributed by atoms with Gasteiger partial charge in [-0.1, -0.05) is 41.9 Å². The minimum Gasteiger partial charge on any atom is -0.375 e. The Morgan fingerprint density at radius 1 is 1.40 bits per heavy atom. The molecule has 0 saturated carbocycles. The summed E-state index contributed by atoms with van der Waals surface area (Å²) in [6.07, 6.45) is 0. The van der Waals surface area contributed by atoms with E-state index in [0.29, 0.717) is 12.6 Å². The van der Waals surface area contributed by atoms with Crippen molar-refractivity contribution in [1.82, 2.24) is 5.32 Å². The molecule has 0 aliphatic carbocycles. The van der Waals surface area contributed by atoms with Crippen LogP contribution in [0.2, 0.25) is 0 Å². The zero-order valence-corrected chi connectivity index (χ0v) is 10.9. The van der Waals surface area contributed by atoms with E-state index in [0.717, 1.165) is 17.6 Å². The second kappa shape index (κ2) is 6.99. The number of halogens is 1. The van der Waals surface area contributed by atoms with Crippen molar-refractivity contribution in [3.8, 4) is 0 Å². The first-order chi connectivity index (χ1) is 7.18. The van der Waals surface area contributed by atoms with E-state index in [4.69, 9.17) is 4.74 Å². The van der Waals surface area contributed by atoms with Crippen molar-refractivity contribution in [2.24, 2.45) is 0 Å². The van der Waals surface area contributed by atoms with Crippen molar-refractivity contribution < 1.29 is 4.74 Å². The number of hydrogen-bond donors (Lipinski definition) is 1. The molecular weight excluding hydrogens is 254 g/mol. The highest BCUT2D eigenvalue weighted by Crippen LogP contribution is 2.12. The van der Waals surface area contributed by atoms with Gasteiger partial charge < -0.3 is 10.1 Å². The Bertz CT molecular complexity index is 289. The first-order valence-electron chi connectivity index (χ1n) is 5.24. The Balaban J connectivity index is 2.15. The van der Waals surface area contributed by atoms with Crippen molar-refractivity contribution in [3.05, 3.63) is 34.3 Å². The van der Waals surface area contributed by atoms with Gasteiger partial charge in [-0.2, -0.15) is 0 Å². The summed E-state index contributed by atoms with van der Waals surface area (Å²) in [5.74, 6) is 0. The normalized spacial score (nSPS) is 10.9. The van der Waals surface area contributed by atoms with Crippen molar-refractivity contribution in [3.63, 3.8) is 0 Å². The van der Waals surface area contributed by atoms with Crippen LogP contribution in [0.4, 0.5) is 0 Å². The van der Waals surface area contributed by atoms with Gasteiger partial charge in [0.1, 0.15) is 0 Å². The van der Waals surface area contributed by atoms with E-state index in [1.165, 1.54) is 5.56 Å². The molecule has 0 amide bonds. The zero-order chi connectivity index (χ0) is 11.1. The average Bonchev–Trinajstić information content (AvgIpc) is 2.17.